The van der Waals surface area contributed by atoms with Gasteiger partial charge in [-0.05, 0) is 35.9 Å². The summed E-state index contributed by atoms with van der Waals surface area (Å²) in [6.07, 6.45) is 2.82. The third kappa shape index (κ3) is 3.16. The molecule has 0 amide bonds. The molecule has 3 heterocycles. The van der Waals surface area contributed by atoms with Crippen LogP contribution in [0.4, 0.5) is 5.82 Å². The zero-order valence-corrected chi connectivity index (χ0v) is 13.6. The zero-order valence-electron chi connectivity index (χ0n) is 12.9. The predicted octanol–water partition coefficient (Wildman–Crippen LogP) is 3.66. The number of para-hydroxylation sites is 1. The minimum Gasteiger partial charge on any atom is -0.489 e. The van der Waals surface area contributed by atoms with E-state index in [1.807, 2.05) is 30.3 Å². The maximum absolute atomic E-state index is 6.09. The third-order valence-electron chi connectivity index (χ3n) is 3.89. The van der Waals surface area contributed by atoms with Gasteiger partial charge in [0.2, 0.25) is 5.28 Å². The molecule has 1 saturated heterocycles. The van der Waals surface area contributed by atoms with Gasteiger partial charge in [-0.1, -0.05) is 6.07 Å². The lowest BCUT2D eigenvalue weighted by Crippen LogP contribution is -2.32. The monoisotopic (exact) mass is 345 g/mol. The number of nitrogens with one attached hydrogen (secondary N) is 1. The summed E-state index contributed by atoms with van der Waals surface area (Å²) in [6.45, 7) is 1.82. The van der Waals surface area contributed by atoms with Crippen molar-refractivity contribution >= 4 is 28.3 Å². The summed E-state index contributed by atoms with van der Waals surface area (Å²) in [7, 11) is 0. The molecule has 0 saturated carbocycles. The van der Waals surface area contributed by atoms with Crippen molar-refractivity contribution in [2.24, 2.45) is 0 Å². The van der Waals surface area contributed by atoms with Crippen LogP contribution in [0.15, 0.2) is 41.0 Å². The van der Waals surface area contributed by atoms with E-state index in [1.54, 1.807) is 6.26 Å². The Labute approximate surface area is 143 Å². The number of fused-ring (bicyclic) bond motifs is 1. The van der Waals surface area contributed by atoms with Gasteiger partial charge < -0.3 is 19.2 Å². The van der Waals surface area contributed by atoms with Crippen LogP contribution >= 0.6 is 11.6 Å². The number of anilines is 1. The van der Waals surface area contributed by atoms with Crippen molar-refractivity contribution in [3.63, 3.8) is 0 Å². The van der Waals surface area contributed by atoms with Gasteiger partial charge in [0.25, 0.3) is 0 Å². The Hall–Kier alpha value is -2.31. The van der Waals surface area contributed by atoms with E-state index >= 15 is 0 Å². The van der Waals surface area contributed by atoms with Crippen LogP contribution < -0.4 is 10.1 Å². The lowest BCUT2D eigenvalue weighted by atomic mass is 10.2. The van der Waals surface area contributed by atoms with Crippen molar-refractivity contribution in [1.29, 1.82) is 0 Å². The molecule has 7 heteroatoms. The summed E-state index contributed by atoms with van der Waals surface area (Å²) in [5.41, 5.74) is 0.679. The first-order chi connectivity index (χ1) is 11.8. The summed E-state index contributed by atoms with van der Waals surface area (Å²) in [4.78, 5) is 8.61. The van der Waals surface area contributed by atoms with Crippen LogP contribution in [0.1, 0.15) is 12.2 Å². The van der Waals surface area contributed by atoms with Gasteiger partial charge in [0.15, 0.2) is 0 Å². The molecular formula is C17H16ClN3O3. The molecule has 24 heavy (non-hydrogen) atoms. The zero-order chi connectivity index (χ0) is 16.4. The van der Waals surface area contributed by atoms with Gasteiger partial charge in [-0.2, -0.15) is 0 Å². The van der Waals surface area contributed by atoms with Crippen LogP contribution in [0.3, 0.4) is 0 Å². The number of rotatable bonds is 6. The van der Waals surface area contributed by atoms with Crippen molar-refractivity contribution in [3.8, 4) is 5.75 Å². The summed E-state index contributed by atoms with van der Waals surface area (Å²) in [6, 6.07) is 9.46. The lowest BCUT2D eigenvalue weighted by molar-refractivity contribution is -0.0718. The van der Waals surface area contributed by atoms with Gasteiger partial charge in [0, 0.05) is 18.4 Å². The fourth-order valence-electron chi connectivity index (χ4n) is 2.53. The second-order valence-corrected chi connectivity index (χ2v) is 5.86. The molecule has 0 aliphatic carbocycles. The first-order valence-electron chi connectivity index (χ1n) is 7.76. The van der Waals surface area contributed by atoms with E-state index in [9.17, 15) is 0 Å². The smallest absolute Gasteiger partial charge is 0.225 e. The molecule has 1 N–H and O–H groups in total. The highest BCUT2D eigenvalue weighted by molar-refractivity contribution is 6.29. The molecule has 6 nitrogen and oxygen atoms in total. The Morgan fingerprint density at radius 3 is 2.92 bits per heavy atom. The summed E-state index contributed by atoms with van der Waals surface area (Å²) in [5, 5.41) is 4.25. The molecular weight excluding hydrogens is 330 g/mol. The van der Waals surface area contributed by atoms with Gasteiger partial charge >= 0.3 is 0 Å². The molecule has 1 aliphatic heterocycles. The van der Waals surface area contributed by atoms with E-state index in [1.165, 1.54) is 0 Å². The van der Waals surface area contributed by atoms with Crippen LogP contribution in [0, 0.1) is 0 Å². The first kappa shape index (κ1) is 15.2. The fraction of sp³-hybridized carbons (Fsp3) is 0.294. The summed E-state index contributed by atoms with van der Waals surface area (Å²) < 4.78 is 16.6. The van der Waals surface area contributed by atoms with E-state index < -0.39 is 0 Å². The minimum atomic E-state index is 0.161. The summed E-state index contributed by atoms with van der Waals surface area (Å²) in [5.74, 6) is 2.13. The Balaban J connectivity index is 1.61. The van der Waals surface area contributed by atoms with Crippen molar-refractivity contribution in [2.45, 2.75) is 19.1 Å². The van der Waals surface area contributed by atoms with Gasteiger partial charge in [-0.3, -0.25) is 0 Å². The predicted molar refractivity (Wildman–Crippen MR) is 90.4 cm³/mol. The number of benzene rings is 1. The molecule has 124 valence electrons. The topological polar surface area (TPSA) is 69.4 Å². The first-order valence-corrected chi connectivity index (χ1v) is 8.14. The maximum Gasteiger partial charge on any atom is 0.225 e. The molecule has 1 unspecified atom stereocenters. The van der Waals surface area contributed by atoms with Gasteiger partial charge in [-0.15, -0.1) is 0 Å². The highest BCUT2D eigenvalue weighted by Crippen LogP contribution is 2.30. The molecule has 0 bridgehead atoms. The number of hydrogen-bond donors (Lipinski definition) is 1. The van der Waals surface area contributed by atoms with Crippen LogP contribution in [0.2, 0.25) is 5.28 Å². The highest BCUT2D eigenvalue weighted by atomic mass is 35.5. The van der Waals surface area contributed by atoms with Gasteiger partial charge in [0.1, 0.15) is 29.5 Å². The number of halogens is 1. The minimum absolute atomic E-state index is 0.161. The maximum atomic E-state index is 6.09. The Morgan fingerprint density at radius 1 is 1.25 bits per heavy atom. The lowest BCUT2D eigenvalue weighted by Gasteiger charge is -2.26. The number of nitrogens with zero attached hydrogens (tertiary/aromatic N) is 2. The molecule has 1 aliphatic rings. The van der Waals surface area contributed by atoms with E-state index in [2.05, 4.69) is 15.3 Å². The fourth-order valence-corrected chi connectivity index (χ4v) is 2.70. The van der Waals surface area contributed by atoms with Crippen LogP contribution in [-0.4, -0.2) is 29.3 Å². The van der Waals surface area contributed by atoms with Crippen molar-refractivity contribution in [2.75, 3.05) is 18.5 Å². The average molecular weight is 346 g/mol. The standard InChI is InChI=1S/C17H16ClN3O3/c18-17-20-15-13(16(21-17)19-9-11-3-2-7-22-11)4-1-5-14(15)24-10-12-6-8-23-12/h1-5,7,12H,6,8-10H2,(H,19,20,21). The normalized spacial score (nSPS) is 16.8. The SMILES string of the molecule is Clc1nc(NCc2ccco2)c2cccc(OCC3CCO3)c2n1. The quantitative estimate of drug-likeness (QED) is 0.688. The number of hydrogen-bond acceptors (Lipinski definition) is 6. The Bertz CT molecular complexity index is 834. The van der Waals surface area contributed by atoms with Crippen LogP contribution in [-0.2, 0) is 11.3 Å². The van der Waals surface area contributed by atoms with E-state index in [-0.39, 0.29) is 11.4 Å². The molecule has 4 rings (SSSR count). The van der Waals surface area contributed by atoms with Crippen LogP contribution in [0.25, 0.3) is 10.9 Å². The second kappa shape index (κ2) is 6.67. The van der Waals surface area contributed by atoms with E-state index in [4.69, 9.17) is 25.5 Å². The van der Waals surface area contributed by atoms with Crippen molar-refractivity contribution in [3.05, 3.63) is 47.6 Å². The Kier molecular flexibility index (Phi) is 4.23. The van der Waals surface area contributed by atoms with Gasteiger partial charge in [-0.25, -0.2) is 9.97 Å². The second-order valence-electron chi connectivity index (χ2n) is 5.52. The molecule has 1 fully saturated rings. The molecule has 2 aromatic heterocycles. The summed E-state index contributed by atoms with van der Waals surface area (Å²) >= 11 is 6.09. The number of ether oxygens (including phenoxy) is 2. The molecule has 0 spiro atoms. The largest absolute Gasteiger partial charge is 0.489 e. The highest BCUT2D eigenvalue weighted by Gasteiger charge is 2.19. The molecule has 0 radical (unpaired) electrons. The Morgan fingerprint density at radius 2 is 2.17 bits per heavy atom. The number of aromatic nitrogens is 2. The van der Waals surface area contributed by atoms with E-state index in [0.29, 0.717) is 30.2 Å². The van der Waals surface area contributed by atoms with Crippen molar-refractivity contribution in [1.82, 2.24) is 9.97 Å². The number of furan rings is 1. The molecule has 1 atom stereocenters. The van der Waals surface area contributed by atoms with Gasteiger partial charge in [0.05, 0.1) is 18.9 Å². The van der Waals surface area contributed by atoms with Crippen molar-refractivity contribution < 1.29 is 13.9 Å². The third-order valence-corrected chi connectivity index (χ3v) is 4.06. The molecule has 3 aromatic rings. The molecule has 1 aromatic carbocycles. The van der Waals surface area contributed by atoms with Crippen LogP contribution in [0.5, 0.6) is 5.75 Å². The average Bonchev–Trinajstić information content (AvgIpc) is 3.05. The van der Waals surface area contributed by atoms with E-state index in [0.717, 1.165) is 24.2 Å².